The summed E-state index contributed by atoms with van der Waals surface area (Å²) in [5, 5.41) is 95.6. The van der Waals surface area contributed by atoms with Crippen LogP contribution in [0.15, 0.2) is 60.8 Å². The molecule has 14 atom stereocenters. The second-order valence-corrected chi connectivity index (χ2v) is 40.1. The van der Waals surface area contributed by atoms with Gasteiger partial charge >= 0.3 is 5.97 Å². The maximum absolute atomic E-state index is 15.5. The van der Waals surface area contributed by atoms with Gasteiger partial charge in [0.05, 0.1) is 26.0 Å². The molecule has 148 heavy (non-hydrogen) atoms. The Labute approximate surface area is 869 Å². The molecule has 38 N–H and O–H groups in total. The Kier molecular flexibility index (Phi) is 51.2. The SMILES string of the molecule is CCC[C@@H]1NC(=O)[C@H](CCC(N)=O)NC(=O)[C@H](CCCNC(=N)N)NC(=O)[C@@H]2CSCCC(=O)N3CN(CN(C3)C(=O)CCSC[C@H](NC(=O)[C@@H](N)CCCNC(=N)N)C(=O)N[C@@H](Cc3ccccc3)C(=O)N[C@@H](CCCNC(=N)N)C(=O)N[C@@H](CC(C)C)C(=O)N3CCC[C@H]3C(=O)N2)C(=O)CCSC[C@@H](C(=O)N[C@@H](CCCNC(=N)N)C(=O)N[C@@H](Cc2c[nH]c3ccccc23)C(=O)O)NC(=O)[C@H](CCCNC(=N)N)NC1=O. The minimum atomic E-state index is -1.77. The second-order valence-electron chi connectivity index (χ2n) is 36.7. The molecule has 5 heterocycles. The number of fused-ring (bicyclic) bond motifs is 9. The highest BCUT2D eigenvalue weighted by molar-refractivity contribution is 7.99. The first-order valence-corrected chi connectivity index (χ1v) is 52.7. The monoisotopic (exact) mass is 2130 g/mol. The van der Waals surface area contributed by atoms with Gasteiger partial charge in [-0.2, -0.15) is 35.3 Å². The van der Waals surface area contributed by atoms with Crippen LogP contribution in [0.2, 0.25) is 0 Å². The van der Waals surface area contributed by atoms with Crippen LogP contribution >= 0.6 is 35.3 Å². The Bertz CT molecular complexity index is 5120. The van der Waals surface area contributed by atoms with E-state index in [2.05, 4.69) is 95.4 Å². The molecule has 1 aromatic heterocycles. The molecule has 4 saturated heterocycles. The molecule has 0 unspecified atom stereocenters. The van der Waals surface area contributed by atoms with E-state index in [0.29, 0.717) is 22.0 Å². The number of amides is 17. The van der Waals surface area contributed by atoms with Gasteiger partial charge in [0.1, 0.15) is 78.5 Å². The molecule has 17 amide bonds. The summed E-state index contributed by atoms with van der Waals surface area (Å²) >= 11 is 2.86. The van der Waals surface area contributed by atoms with E-state index < -0.39 is 272 Å². The standard InChI is InChI=1S/C92H146N34O19S3/c1-4-16-57-75(132)112-61(25-14-36-109-92(103)104)79(136)121-67(82(139)115-60(24-13-35-108-91(101)102)78(135)119-65(87(144)145)43-53-44-110-56-21-9-8-19-54(53)56)46-147-39-30-72(129)124-48-123-49-125(50-124)73(130)31-40-148-47-68(83(140)114-58(22-11-33-106-89(97)98)76(133)116-62(80(137)111-57)27-28-70(94)127)122-85(142)69-26-15-37-126(69)86(143)64(41-51(2)3)118-77(134)59(23-12-34-107-90(99)100)113-81(138)63(42-52-17-6-5-7-18-52)117-84(141)66(45-146-38-29-71(123)128)120-74(131)55(93)20-10-32-105-88(95)96/h5-9,17-19,21,44,51,55,57-69,110H,4,10-16,20,22-43,45-50,93H2,1-3H3,(H2,94,127)(H,111,137)(H,112,132)(H,113,138)(H,114,140)(H,115,139)(H,116,133)(H,117,141)(H,118,134)(H,119,135)(H,120,131)(H,121,136)(H,122,142)(H,144,145)(H4,95,96,105)(H4,97,98,106)(H4,99,100,107)(H4,101,102,108)(H4,103,104,109)/t55-,57-,58-,59-,60-,61-,62-,63-,64-,65-,66-,67-,68-,69-/m0/s1. The van der Waals surface area contributed by atoms with Gasteiger partial charge in [0, 0.05) is 129 Å². The molecule has 2 aromatic carbocycles. The zero-order valence-corrected chi connectivity index (χ0v) is 85.9. The number of nitrogens with two attached hydrogens (primary N) is 7. The Morgan fingerprint density at radius 3 is 1.43 bits per heavy atom. The van der Waals surface area contributed by atoms with E-state index >= 15 is 67.1 Å². The van der Waals surface area contributed by atoms with Crippen molar-refractivity contribution in [3.8, 4) is 0 Å². The average Bonchev–Trinajstić information content (AvgIpc) is 1.58. The largest absolute Gasteiger partial charge is 0.480 e. The summed E-state index contributed by atoms with van der Waals surface area (Å²) in [6.07, 6.45) is -1.89. The van der Waals surface area contributed by atoms with E-state index in [1.54, 1.807) is 81.6 Å². The molecule has 0 saturated carbocycles. The lowest BCUT2D eigenvalue weighted by Gasteiger charge is -2.42. The Morgan fingerprint density at radius 2 is 0.926 bits per heavy atom. The summed E-state index contributed by atoms with van der Waals surface area (Å²) < 4.78 is 0. The van der Waals surface area contributed by atoms with Crippen molar-refractivity contribution in [2.45, 2.75) is 247 Å². The van der Waals surface area contributed by atoms with Gasteiger partial charge in [-0.1, -0.05) is 75.7 Å². The van der Waals surface area contributed by atoms with Crippen LogP contribution in [0.3, 0.4) is 0 Å². The molecule has 4 aliphatic rings. The third kappa shape index (κ3) is 42.0. The van der Waals surface area contributed by atoms with Gasteiger partial charge in [-0.05, 0) is 119 Å². The van der Waals surface area contributed by atoms with Gasteiger partial charge in [-0.25, -0.2) is 4.79 Å². The van der Waals surface area contributed by atoms with Crippen LogP contribution in [0, 0.1) is 33.0 Å². The minimum absolute atomic E-state index is 0.00860. The highest BCUT2D eigenvalue weighted by Gasteiger charge is 2.44. The molecule has 56 heteroatoms. The summed E-state index contributed by atoms with van der Waals surface area (Å²) in [6, 6.07) is -6.56. The number of carboxylic acids is 1. The van der Waals surface area contributed by atoms with Crippen LogP contribution in [-0.4, -0.2) is 344 Å². The molecule has 4 aliphatic heterocycles. The van der Waals surface area contributed by atoms with Crippen LogP contribution in [0.4, 0.5) is 0 Å². The molecular formula is C92H146N34O19S3. The number of hydrogen-bond donors (Lipinski definition) is 31. The summed E-state index contributed by atoms with van der Waals surface area (Å²) in [5.74, 6) is -21.2. The Hall–Kier alpha value is -14.2. The fourth-order valence-corrected chi connectivity index (χ4v) is 19.4. The zero-order valence-electron chi connectivity index (χ0n) is 83.4. The maximum atomic E-state index is 15.5. The number of primary amides is 1. The summed E-state index contributed by atoms with van der Waals surface area (Å²) in [6.45, 7) is 3.70. The van der Waals surface area contributed by atoms with Gasteiger partial charge in [0.25, 0.3) is 0 Å². The Balaban J connectivity index is 1.37. The third-order valence-electron chi connectivity index (χ3n) is 24.3. The van der Waals surface area contributed by atoms with Gasteiger partial charge in [-0.3, -0.25) is 109 Å². The summed E-state index contributed by atoms with van der Waals surface area (Å²) in [5.41, 5.74) is 41.9. The number of aromatic nitrogens is 1. The molecule has 53 nitrogen and oxygen atoms in total. The van der Waals surface area contributed by atoms with Crippen LogP contribution in [0.25, 0.3) is 10.9 Å². The molecular weight excluding hydrogens is 1980 g/mol. The summed E-state index contributed by atoms with van der Waals surface area (Å²) in [7, 11) is 0. The van der Waals surface area contributed by atoms with Crippen molar-refractivity contribution >= 4 is 182 Å². The number of H-pyrrole nitrogens is 1. The van der Waals surface area contributed by atoms with Gasteiger partial charge in [0.2, 0.25) is 100 Å². The van der Waals surface area contributed by atoms with E-state index in [1.807, 2.05) is 0 Å². The van der Waals surface area contributed by atoms with Crippen molar-refractivity contribution in [1.82, 2.24) is 115 Å². The number of guanidine groups is 5. The minimum Gasteiger partial charge on any atom is -0.480 e. The summed E-state index contributed by atoms with van der Waals surface area (Å²) in [4.78, 5) is 276. The molecule has 4 bridgehead atoms. The number of carboxylic acid groups (broad SMARTS) is 1. The second kappa shape index (κ2) is 62.7. The number of benzene rings is 2. The fraction of sp³-hybridized carbons (Fsp3) is 0.598. The van der Waals surface area contributed by atoms with E-state index in [9.17, 15) is 24.3 Å². The van der Waals surface area contributed by atoms with Gasteiger partial charge < -0.3 is 160 Å². The van der Waals surface area contributed by atoms with Crippen LogP contribution in [-0.2, 0) is 99.1 Å². The Morgan fingerprint density at radius 1 is 0.480 bits per heavy atom. The number of nitrogens with zero attached hydrogens (tertiary/aromatic N) is 4. The van der Waals surface area contributed by atoms with Crippen LogP contribution in [0.5, 0.6) is 0 Å². The number of aliphatic carboxylic acids is 1. The topological polar surface area (TPSA) is 862 Å². The first-order valence-electron chi connectivity index (χ1n) is 49.3. The molecule has 3 aromatic rings. The zero-order chi connectivity index (χ0) is 109. The highest BCUT2D eigenvalue weighted by Crippen LogP contribution is 2.26. The smallest absolute Gasteiger partial charge is 0.326 e. The van der Waals surface area contributed by atoms with Crippen molar-refractivity contribution in [2.75, 3.05) is 93.8 Å². The predicted octanol–water partition coefficient (Wildman–Crippen LogP) is -6.63. The average molecular weight is 2130 g/mol. The predicted molar refractivity (Wildman–Crippen MR) is 555 cm³/mol. The number of aromatic amines is 1. The van der Waals surface area contributed by atoms with E-state index in [-0.39, 0.29) is 190 Å². The molecule has 0 radical (unpaired) electrons. The molecule has 0 aliphatic carbocycles. The molecule has 0 spiro atoms. The quantitative estimate of drug-likeness (QED) is 0.0144. The van der Waals surface area contributed by atoms with Crippen molar-refractivity contribution in [3.63, 3.8) is 0 Å². The molecule has 7 rings (SSSR count). The highest BCUT2D eigenvalue weighted by atomic mass is 32.2. The number of rotatable bonds is 38. The van der Waals surface area contributed by atoms with Gasteiger partial charge in [0.15, 0.2) is 29.8 Å². The number of carbonyl (C=O) groups is 18. The number of hydrogen-bond acceptors (Lipinski definition) is 27. The van der Waals surface area contributed by atoms with E-state index in [0.717, 1.165) is 35.3 Å². The van der Waals surface area contributed by atoms with E-state index in [4.69, 9.17) is 67.2 Å². The van der Waals surface area contributed by atoms with Crippen LogP contribution in [0.1, 0.15) is 160 Å². The molecule has 4 fully saturated rings. The van der Waals surface area contributed by atoms with E-state index in [1.165, 1.54) is 19.6 Å². The lowest BCUT2D eigenvalue weighted by atomic mass is 10.0. The van der Waals surface area contributed by atoms with Crippen molar-refractivity contribution < 1.29 is 91.4 Å². The number of para-hydroxylation sites is 1. The first-order chi connectivity index (χ1) is 70.5. The van der Waals surface area contributed by atoms with Gasteiger partial charge in [-0.15, -0.1) is 0 Å². The third-order valence-corrected chi connectivity index (χ3v) is 27.5. The normalized spacial score (nSPS) is 22.3. The lowest BCUT2D eigenvalue weighted by molar-refractivity contribution is -0.158. The fourth-order valence-electron chi connectivity index (χ4n) is 16.6. The van der Waals surface area contributed by atoms with Crippen molar-refractivity contribution in [3.05, 3.63) is 71.9 Å². The maximum Gasteiger partial charge on any atom is 0.326 e. The number of thioether (sulfide) groups is 3. The first kappa shape index (κ1) is 121. The van der Waals surface area contributed by atoms with Crippen LogP contribution < -0.4 is 131 Å². The number of nitrogens with one attached hydrogen (secondary N) is 23. The van der Waals surface area contributed by atoms with Crippen molar-refractivity contribution in [2.24, 2.45) is 46.1 Å². The number of carbonyl (C=O) groups excluding carboxylic acids is 17. The van der Waals surface area contributed by atoms with Crippen molar-refractivity contribution in [1.29, 1.82) is 27.0 Å². The lowest BCUT2D eigenvalue weighted by Crippen LogP contribution is -2.61. The molecule has 816 valence electrons.